The smallest absolute Gasteiger partial charge is 0.291 e. The fourth-order valence-electron chi connectivity index (χ4n) is 3.58. The minimum Gasteiger partial charge on any atom is -0.495 e. The van der Waals surface area contributed by atoms with Crippen LogP contribution in [-0.4, -0.2) is 57.4 Å². The monoisotopic (exact) mass is 605 g/mol. The number of carbonyl (C=O) groups excluding carboxylic acids is 1. The lowest BCUT2D eigenvalue weighted by molar-refractivity contribution is 0.102. The third-order valence-electron chi connectivity index (χ3n) is 5.40. The first kappa shape index (κ1) is 27.5. The first-order valence-electron chi connectivity index (χ1n) is 10.8. The molecule has 198 valence electrons. The van der Waals surface area contributed by atoms with Gasteiger partial charge in [-0.3, -0.25) is 14.8 Å². The van der Waals surface area contributed by atoms with Crippen LogP contribution in [0.4, 0.5) is 10.8 Å². The largest absolute Gasteiger partial charge is 0.495 e. The van der Waals surface area contributed by atoms with E-state index in [0.717, 1.165) is 19.3 Å². The van der Waals surface area contributed by atoms with Crippen molar-refractivity contribution in [2.24, 2.45) is 0 Å². The summed E-state index contributed by atoms with van der Waals surface area (Å²) in [5.41, 5.74) is 0.0228. The summed E-state index contributed by atoms with van der Waals surface area (Å²) >= 11 is 12.5. The molecule has 0 atom stereocenters. The summed E-state index contributed by atoms with van der Waals surface area (Å²) in [6.07, 6.45) is 2.47. The number of hydrogen-bond acceptors (Lipinski definition) is 9. The standard InChI is InChI=1S/C21H21Cl2N5O6S3/c1-34-18-8-6-14(37(32,33)28-9-3-2-4-10-28)12-17(18)27-36(30,31)21-26-25-20(35-21)24-19(29)15-7-5-13(22)11-16(15)23/h5-8,11-12,27H,2-4,9-10H2,1H3,(H,24,25,29). The van der Waals surface area contributed by atoms with Crippen molar-refractivity contribution < 1.29 is 26.4 Å². The Morgan fingerprint density at radius 2 is 1.76 bits per heavy atom. The number of aromatic nitrogens is 2. The van der Waals surface area contributed by atoms with E-state index < -0.39 is 30.3 Å². The number of benzene rings is 2. The van der Waals surface area contributed by atoms with Crippen LogP contribution in [0.5, 0.6) is 5.75 Å². The highest BCUT2D eigenvalue weighted by atomic mass is 35.5. The number of anilines is 2. The molecule has 1 aliphatic heterocycles. The Balaban J connectivity index is 1.56. The average molecular weight is 607 g/mol. The number of carbonyl (C=O) groups is 1. The lowest BCUT2D eigenvalue weighted by Crippen LogP contribution is -2.35. The van der Waals surface area contributed by atoms with Crippen LogP contribution in [0.1, 0.15) is 29.6 Å². The van der Waals surface area contributed by atoms with Gasteiger partial charge in [0.1, 0.15) is 5.75 Å². The van der Waals surface area contributed by atoms with Gasteiger partial charge < -0.3 is 4.74 Å². The van der Waals surface area contributed by atoms with Crippen molar-refractivity contribution in [1.82, 2.24) is 14.5 Å². The van der Waals surface area contributed by atoms with Gasteiger partial charge in [-0.15, -0.1) is 10.2 Å². The highest BCUT2D eigenvalue weighted by Crippen LogP contribution is 2.32. The summed E-state index contributed by atoms with van der Waals surface area (Å²) in [5, 5.41) is 10.2. The molecule has 1 fully saturated rings. The molecule has 0 radical (unpaired) electrons. The molecule has 11 nitrogen and oxygen atoms in total. The van der Waals surface area contributed by atoms with Crippen LogP contribution >= 0.6 is 34.5 Å². The number of piperidine rings is 1. The maximum Gasteiger partial charge on any atom is 0.291 e. The van der Waals surface area contributed by atoms with Crippen LogP contribution in [0.3, 0.4) is 0 Å². The van der Waals surface area contributed by atoms with Crippen LogP contribution in [0.2, 0.25) is 10.0 Å². The van der Waals surface area contributed by atoms with E-state index >= 15 is 0 Å². The predicted octanol–water partition coefficient (Wildman–Crippen LogP) is 4.08. The third-order valence-corrected chi connectivity index (χ3v) is 10.4. The topological polar surface area (TPSA) is 148 Å². The molecule has 2 N–H and O–H groups in total. The molecule has 3 aromatic rings. The van der Waals surface area contributed by atoms with E-state index in [-0.39, 0.29) is 32.1 Å². The van der Waals surface area contributed by atoms with Crippen molar-refractivity contribution in [2.45, 2.75) is 28.5 Å². The van der Waals surface area contributed by atoms with Crippen LogP contribution in [0.15, 0.2) is 45.6 Å². The molecular weight excluding hydrogens is 585 g/mol. The lowest BCUT2D eigenvalue weighted by Gasteiger charge is -2.26. The molecule has 1 amide bonds. The molecule has 2 aromatic carbocycles. The minimum absolute atomic E-state index is 0.0713. The van der Waals surface area contributed by atoms with Crippen molar-refractivity contribution in [2.75, 3.05) is 30.2 Å². The summed E-state index contributed by atoms with van der Waals surface area (Å²) in [7, 11) is -6.81. The number of halogens is 2. The Labute approximate surface area is 227 Å². The van der Waals surface area contributed by atoms with Crippen LogP contribution in [0, 0.1) is 0 Å². The van der Waals surface area contributed by atoms with Gasteiger partial charge in [0.2, 0.25) is 15.2 Å². The van der Waals surface area contributed by atoms with Gasteiger partial charge in [-0.2, -0.15) is 12.7 Å². The summed E-state index contributed by atoms with van der Waals surface area (Å²) in [6, 6.07) is 8.22. The zero-order chi connectivity index (χ0) is 26.8. The summed E-state index contributed by atoms with van der Waals surface area (Å²) in [5.74, 6) is -0.524. The number of nitrogens with one attached hydrogen (secondary N) is 2. The van der Waals surface area contributed by atoms with Crippen molar-refractivity contribution in [1.29, 1.82) is 0 Å². The molecule has 0 spiro atoms. The minimum atomic E-state index is -4.31. The summed E-state index contributed by atoms with van der Waals surface area (Å²) < 4.78 is 60.6. The van der Waals surface area contributed by atoms with Gasteiger partial charge in [0.15, 0.2) is 0 Å². The number of methoxy groups -OCH3 is 1. The molecule has 2 heterocycles. The number of nitrogens with zero attached hydrogens (tertiary/aromatic N) is 3. The summed E-state index contributed by atoms with van der Waals surface area (Å²) in [6.45, 7) is 0.797. The number of sulfonamides is 2. The molecule has 0 saturated carbocycles. The Hall–Kier alpha value is -2.49. The number of amides is 1. The number of hydrogen-bond donors (Lipinski definition) is 2. The van der Waals surface area contributed by atoms with Crippen molar-refractivity contribution in [3.05, 3.63) is 52.0 Å². The van der Waals surface area contributed by atoms with Gasteiger partial charge in [-0.05, 0) is 49.2 Å². The second-order valence-corrected chi connectivity index (χ2v) is 13.5. The van der Waals surface area contributed by atoms with E-state index in [2.05, 4.69) is 20.2 Å². The van der Waals surface area contributed by atoms with Gasteiger partial charge in [-0.25, -0.2) is 8.42 Å². The van der Waals surface area contributed by atoms with E-state index in [1.807, 2.05) is 0 Å². The van der Waals surface area contributed by atoms with Crippen molar-refractivity contribution in [3.8, 4) is 5.75 Å². The molecule has 1 aromatic heterocycles. The van der Waals surface area contributed by atoms with Crippen LogP contribution < -0.4 is 14.8 Å². The van der Waals surface area contributed by atoms with Gasteiger partial charge >= 0.3 is 0 Å². The first-order chi connectivity index (χ1) is 17.5. The van der Waals surface area contributed by atoms with E-state index in [1.54, 1.807) is 0 Å². The molecule has 0 bridgehead atoms. The maximum atomic E-state index is 13.1. The molecule has 1 aliphatic rings. The third kappa shape index (κ3) is 6.16. The van der Waals surface area contributed by atoms with Crippen molar-refractivity contribution >= 4 is 71.3 Å². The highest BCUT2D eigenvalue weighted by Gasteiger charge is 2.28. The molecular formula is C21H21Cl2N5O6S3. The van der Waals surface area contributed by atoms with E-state index in [9.17, 15) is 21.6 Å². The molecule has 16 heteroatoms. The molecule has 37 heavy (non-hydrogen) atoms. The van der Waals surface area contributed by atoms with Crippen molar-refractivity contribution in [3.63, 3.8) is 0 Å². The number of ether oxygens (including phenoxy) is 1. The van der Waals surface area contributed by atoms with Gasteiger partial charge in [0.05, 0.1) is 28.3 Å². The first-order valence-corrected chi connectivity index (χ1v) is 15.3. The zero-order valence-electron chi connectivity index (χ0n) is 19.3. The fourth-order valence-corrected chi connectivity index (χ4v) is 7.57. The van der Waals surface area contributed by atoms with Gasteiger partial charge in [0, 0.05) is 18.1 Å². The van der Waals surface area contributed by atoms with Gasteiger partial charge in [-0.1, -0.05) is 41.0 Å². The highest BCUT2D eigenvalue weighted by molar-refractivity contribution is 7.94. The fraction of sp³-hybridized carbons (Fsp3) is 0.286. The Bertz CT molecular complexity index is 1540. The normalized spacial score (nSPS) is 14.8. The molecule has 1 saturated heterocycles. The predicted molar refractivity (Wildman–Crippen MR) is 141 cm³/mol. The summed E-state index contributed by atoms with van der Waals surface area (Å²) in [4.78, 5) is 12.4. The van der Waals surface area contributed by atoms with Crippen LogP contribution in [0.25, 0.3) is 0 Å². The Morgan fingerprint density at radius 1 is 1.03 bits per heavy atom. The van der Waals surface area contributed by atoms with Crippen LogP contribution in [-0.2, 0) is 20.0 Å². The second-order valence-electron chi connectivity index (χ2n) is 7.88. The molecule has 4 rings (SSSR count). The van der Waals surface area contributed by atoms with E-state index in [0.29, 0.717) is 29.4 Å². The number of rotatable bonds is 8. The molecule has 0 unspecified atom stereocenters. The Morgan fingerprint density at radius 3 is 2.43 bits per heavy atom. The second kappa shape index (κ2) is 11.1. The average Bonchev–Trinajstić information content (AvgIpc) is 3.33. The zero-order valence-corrected chi connectivity index (χ0v) is 23.2. The lowest BCUT2D eigenvalue weighted by atomic mass is 10.2. The van der Waals surface area contributed by atoms with E-state index in [1.165, 1.54) is 47.8 Å². The van der Waals surface area contributed by atoms with Gasteiger partial charge in [0.25, 0.3) is 20.3 Å². The molecule has 0 aliphatic carbocycles. The van der Waals surface area contributed by atoms with E-state index in [4.69, 9.17) is 27.9 Å². The quantitative estimate of drug-likeness (QED) is 0.365. The maximum absolute atomic E-state index is 13.1. The SMILES string of the molecule is COc1ccc(S(=O)(=O)N2CCCCC2)cc1NS(=O)(=O)c1nnc(NC(=O)c2ccc(Cl)cc2Cl)s1. The Kier molecular flexibility index (Phi) is 8.26.